The molecule has 0 aliphatic rings. The molecule has 0 radical (unpaired) electrons. The average molecular weight is 440 g/mol. The van der Waals surface area contributed by atoms with Gasteiger partial charge in [0, 0.05) is 25.8 Å². The van der Waals surface area contributed by atoms with E-state index in [0.717, 1.165) is 21.1 Å². The highest BCUT2D eigenvalue weighted by atomic mass is 32.2. The second-order valence-electron chi connectivity index (χ2n) is 6.93. The van der Waals surface area contributed by atoms with Gasteiger partial charge in [-0.15, -0.1) is 10.2 Å². The smallest absolute Gasteiger partial charge is 0.300 e. The minimum atomic E-state index is -0.193. The normalized spacial score (nSPS) is 11.1. The Kier molecular flexibility index (Phi) is 6.01. The molecule has 2 heterocycles. The van der Waals surface area contributed by atoms with Crippen molar-refractivity contribution >= 4 is 45.2 Å². The monoisotopic (exact) mass is 439 g/mol. The Balaban J connectivity index is 1.33. The summed E-state index contributed by atoms with van der Waals surface area (Å²) in [5.41, 5.74) is 3.99. The summed E-state index contributed by atoms with van der Waals surface area (Å²) in [6.45, 7) is 2.37. The first kappa shape index (κ1) is 20.4. The number of anilines is 1. The topological polar surface area (TPSA) is 81.8 Å². The van der Waals surface area contributed by atoms with Crippen LogP contribution in [-0.4, -0.2) is 25.2 Å². The fraction of sp³-hybridized carbons (Fsp3) is 0.238. The molecule has 2 aromatic carbocycles. The molecule has 0 atom stereocenters. The second kappa shape index (κ2) is 8.85. The lowest BCUT2D eigenvalue weighted by atomic mass is 10.2. The highest BCUT2D eigenvalue weighted by Crippen LogP contribution is 2.28. The SMILES string of the molecule is Cc1ccc(CSc2nnc(NC(=O)CCn3c(=O)n(C)c4ccccc43)s2)cc1. The number of carbonyl (C=O) groups excluding carboxylic acids is 1. The number of thioether (sulfide) groups is 1. The molecule has 4 rings (SSSR count). The Morgan fingerprint density at radius 3 is 2.60 bits per heavy atom. The number of aryl methyl sites for hydroxylation is 3. The maximum Gasteiger partial charge on any atom is 0.328 e. The molecule has 0 spiro atoms. The van der Waals surface area contributed by atoms with Crippen molar-refractivity contribution in [1.82, 2.24) is 19.3 Å². The number of hydrogen-bond donors (Lipinski definition) is 1. The van der Waals surface area contributed by atoms with E-state index in [1.807, 2.05) is 24.3 Å². The lowest BCUT2D eigenvalue weighted by molar-refractivity contribution is -0.116. The fourth-order valence-electron chi connectivity index (χ4n) is 3.12. The molecule has 1 N–H and O–H groups in total. The number of nitrogens with one attached hydrogen (secondary N) is 1. The second-order valence-corrected chi connectivity index (χ2v) is 9.13. The maximum absolute atomic E-state index is 12.4. The highest BCUT2D eigenvalue weighted by molar-refractivity contribution is 8.00. The lowest BCUT2D eigenvalue weighted by Crippen LogP contribution is -2.24. The van der Waals surface area contributed by atoms with Crippen molar-refractivity contribution in [3.63, 3.8) is 0 Å². The van der Waals surface area contributed by atoms with Gasteiger partial charge in [0.2, 0.25) is 11.0 Å². The van der Waals surface area contributed by atoms with Gasteiger partial charge < -0.3 is 5.32 Å². The molecule has 0 aliphatic carbocycles. The maximum atomic E-state index is 12.4. The Bertz CT molecular complexity index is 1240. The zero-order valence-electron chi connectivity index (χ0n) is 16.7. The zero-order chi connectivity index (χ0) is 21.1. The van der Waals surface area contributed by atoms with E-state index >= 15 is 0 Å². The Labute approximate surface area is 181 Å². The highest BCUT2D eigenvalue weighted by Gasteiger charge is 2.13. The van der Waals surface area contributed by atoms with E-state index in [9.17, 15) is 9.59 Å². The minimum Gasteiger partial charge on any atom is -0.300 e. The van der Waals surface area contributed by atoms with Gasteiger partial charge in [-0.1, -0.05) is 65.1 Å². The van der Waals surface area contributed by atoms with Gasteiger partial charge in [0.25, 0.3) is 0 Å². The van der Waals surface area contributed by atoms with Gasteiger partial charge in [-0.2, -0.15) is 0 Å². The molecule has 0 bridgehead atoms. The summed E-state index contributed by atoms with van der Waals surface area (Å²) in [6, 6.07) is 15.9. The molecule has 0 saturated heterocycles. The van der Waals surface area contributed by atoms with Gasteiger partial charge in [-0.3, -0.25) is 13.9 Å². The third-order valence-corrected chi connectivity index (χ3v) is 6.79. The third-order valence-electron chi connectivity index (χ3n) is 4.75. The molecule has 1 amide bonds. The number of hydrogen-bond acceptors (Lipinski definition) is 6. The standard InChI is InChI=1S/C21H21N5O2S2/c1-14-7-9-15(10-8-14)13-29-20-24-23-19(30-20)22-18(27)11-12-26-17-6-4-3-5-16(17)25(2)21(26)28/h3-10H,11-13H2,1-2H3,(H,22,23,27). The quantitative estimate of drug-likeness (QED) is 0.350. The first-order valence-corrected chi connectivity index (χ1v) is 11.3. The molecular formula is C21H21N5O2S2. The van der Waals surface area contributed by atoms with Crippen LogP contribution < -0.4 is 11.0 Å². The van der Waals surface area contributed by atoms with Gasteiger partial charge >= 0.3 is 5.69 Å². The molecule has 30 heavy (non-hydrogen) atoms. The van der Waals surface area contributed by atoms with Crippen molar-refractivity contribution in [3.8, 4) is 0 Å². The minimum absolute atomic E-state index is 0.130. The average Bonchev–Trinajstić information content (AvgIpc) is 3.29. The molecule has 4 aromatic rings. The Morgan fingerprint density at radius 1 is 1.10 bits per heavy atom. The van der Waals surface area contributed by atoms with Crippen molar-refractivity contribution in [3.05, 3.63) is 70.1 Å². The number of carbonyl (C=O) groups is 1. The Hall–Kier alpha value is -2.91. The van der Waals surface area contributed by atoms with Gasteiger partial charge in [0.1, 0.15) is 0 Å². The molecule has 0 unspecified atom stereocenters. The summed E-state index contributed by atoms with van der Waals surface area (Å²) in [5, 5.41) is 11.4. The van der Waals surface area contributed by atoms with E-state index in [2.05, 4.69) is 46.7 Å². The summed E-state index contributed by atoms with van der Waals surface area (Å²) in [4.78, 5) is 24.8. The van der Waals surface area contributed by atoms with E-state index in [1.165, 1.54) is 22.5 Å². The van der Waals surface area contributed by atoms with Crippen molar-refractivity contribution in [2.24, 2.45) is 7.05 Å². The molecular weight excluding hydrogens is 418 g/mol. The van der Waals surface area contributed by atoms with Gasteiger partial charge in [-0.05, 0) is 24.6 Å². The summed E-state index contributed by atoms with van der Waals surface area (Å²) in [7, 11) is 1.73. The van der Waals surface area contributed by atoms with Crippen molar-refractivity contribution < 1.29 is 4.79 Å². The summed E-state index contributed by atoms with van der Waals surface area (Å²) in [5.74, 6) is 0.605. The van der Waals surface area contributed by atoms with Crippen LogP contribution in [0.2, 0.25) is 0 Å². The van der Waals surface area contributed by atoms with E-state index in [4.69, 9.17) is 0 Å². The predicted octanol–water partition coefficient (Wildman–Crippen LogP) is 3.82. The van der Waals surface area contributed by atoms with Crippen LogP contribution in [0.4, 0.5) is 5.13 Å². The lowest BCUT2D eigenvalue weighted by Gasteiger charge is -2.03. The van der Waals surface area contributed by atoms with Crippen molar-refractivity contribution in [2.75, 3.05) is 5.32 Å². The van der Waals surface area contributed by atoms with Crippen LogP contribution in [-0.2, 0) is 24.1 Å². The van der Waals surface area contributed by atoms with E-state index in [1.54, 1.807) is 27.9 Å². The van der Waals surface area contributed by atoms with Crippen molar-refractivity contribution in [2.45, 2.75) is 30.0 Å². The van der Waals surface area contributed by atoms with Crippen LogP contribution >= 0.6 is 23.1 Å². The third kappa shape index (κ3) is 4.47. The summed E-state index contributed by atoms with van der Waals surface area (Å²) >= 11 is 2.94. The van der Waals surface area contributed by atoms with Crippen molar-refractivity contribution in [1.29, 1.82) is 0 Å². The van der Waals surface area contributed by atoms with E-state index in [-0.39, 0.29) is 18.0 Å². The molecule has 7 nitrogen and oxygen atoms in total. The van der Waals surface area contributed by atoms with Crippen LogP contribution in [0.1, 0.15) is 17.5 Å². The summed E-state index contributed by atoms with van der Waals surface area (Å²) < 4.78 is 4.02. The molecule has 2 aromatic heterocycles. The van der Waals surface area contributed by atoms with E-state index in [0.29, 0.717) is 11.7 Å². The molecule has 154 valence electrons. The van der Waals surface area contributed by atoms with Crippen LogP contribution in [0.5, 0.6) is 0 Å². The number of nitrogens with zero attached hydrogens (tertiary/aromatic N) is 4. The summed E-state index contributed by atoms with van der Waals surface area (Å²) in [6.07, 6.45) is 0.180. The fourth-order valence-corrected chi connectivity index (χ4v) is 4.85. The molecule has 0 fully saturated rings. The van der Waals surface area contributed by atoms with E-state index < -0.39 is 0 Å². The zero-order valence-corrected chi connectivity index (χ0v) is 18.3. The van der Waals surface area contributed by atoms with Gasteiger partial charge in [0.15, 0.2) is 4.34 Å². The largest absolute Gasteiger partial charge is 0.328 e. The van der Waals surface area contributed by atoms with Crippen LogP contribution in [0.25, 0.3) is 11.0 Å². The molecule has 0 aliphatic heterocycles. The first-order valence-electron chi connectivity index (χ1n) is 9.47. The number of aromatic nitrogens is 4. The van der Waals surface area contributed by atoms with Crippen LogP contribution in [0, 0.1) is 6.92 Å². The number of benzene rings is 2. The number of imidazole rings is 1. The molecule has 9 heteroatoms. The first-order chi connectivity index (χ1) is 14.5. The molecule has 0 saturated carbocycles. The van der Waals surface area contributed by atoms with Crippen LogP contribution in [0.3, 0.4) is 0 Å². The number of fused-ring (bicyclic) bond motifs is 1. The van der Waals surface area contributed by atoms with Crippen LogP contribution in [0.15, 0.2) is 57.7 Å². The Morgan fingerprint density at radius 2 is 1.83 bits per heavy atom. The predicted molar refractivity (Wildman–Crippen MR) is 121 cm³/mol. The number of amides is 1. The van der Waals surface area contributed by atoms with Gasteiger partial charge in [0.05, 0.1) is 11.0 Å². The number of rotatable bonds is 7. The van der Waals surface area contributed by atoms with Gasteiger partial charge in [-0.25, -0.2) is 4.79 Å². The number of para-hydroxylation sites is 2.